The molecule has 2 atom stereocenters. The van der Waals surface area contributed by atoms with Gasteiger partial charge in [0.2, 0.25) is 0 Å². The van der Waals surface area contributed by atoms with Crippen LogP contribution in [0.25, 0.3) is 0 Å². The third kappa shape index (κ3) is 2.00. The van der Waals surface area contributed by atoms with Crippen molar-refractivity contribution in [3.8, 4) is 11.5 Å². The van der Waals surface area contributed by atoms with Crippen molar-refractivity contribution in [1.82, 2.24) is 0 Å². The zero-order chi connectivity index (χ0) is 18.9. The maximum atomic E-state index is 12.9. The first-order chi connectivity index (χ1) is 12.2. The van der Waals surface area contributed by atoms with E-state index in [4.69, 9.17) is 11.6 Å². The molecule has 0 spiro atoms. The number of hydrogen-bond acceptors (Lipinski definition) is 6. The Morgan fingerprint density at radius 3 is 2.27 bits per heavy atom. The van der Waals surface area contributed by atoms with Gasteiger partial charge in [0.1, 0.15) is 11.5 Å². The van der Waals surface area contributed by atoms with Gasteiger partial charge in [-0.1, -0.05) is 18.5 Å². The summed E-state index contributed by atoms with van der Waals surface area (Å²) in [5.41, 5.74) is -0.834. The van der Waals surface area contributed by atoms with Crippen molar-refractivity contribution in [2.24, 2.45) is 5.92 Å². The molecule has 0 aliphatic heterocycles. The molecule has 2 aliphatic carbocycles. The molecule has 132 valence electrons. The van der Waals surface area contributed by atoms with Gasteiger partial charge < -0.3 is 15.3 Å². The number of ketones is 3. The lowest BCUT2D eigenvalue weighted by molar-refractivity contribution is 0.0744. The van der Waals surface area contributed by atoms with Crippen LogP contribution < -0.4 is 0 Å². The number of hydrogen-bond donors (Lipinski definition) is 3. The summed E-state index contributed by atoms with van der Waals surface area (Å²) < 4.78 is 0. The van der Waals surface area contributed by atoms with Crippen LogP contribution in [0.5, 0.6) is 11.5 Å². The summed E-state index contributed by atoms with van der Waals surface area (Å²) in [7, 11) is 0. The lowest BCUT2D eigenvalue weighted by Gasteiger charge is -2.29. The predicted octanol–water partition coefficient (Wildman–Crippen LogP) is 2.78. The van der Waals surface area contributed by atoms with E-state index in [9.17, 15) is 29.7 Å². The Kier molecular flexibility index (Phi) is 3.48. The predicted molar refractivity (Wildman–Crippen MR) is 91.2 cm³/mol. The highest BCUT2D eigenvalue weighted by atomic mass is 35.5. The van der Waals surface area contributed by atoms with Crippen molar-refractivity contribution in [2.75, 3.05) is 0 Å². The normalized spacial score (nSPS) is 21.3. The lowest BCUT2D eigenvalue weighted by atomic mass is 9.75. The minimum absolute atomic E-state index is 0.0234. The molecule has 0 saturated heterocycles. The number of phenols is 2. The molecule has 0 heterocycles. The quantitative estimate of drug-likeness (QED) is 0.559. The highest BCUT2D eigenvalue weighted by Gasteiger charge is 2.41. The number of aliphatic hydroxyl groups is 1. The van der Waals surface area contributed by atoms with E-state index in [1.165, 1.54) is 18.2 Å². The number of fused-ring (bicyclic) bond motifs is 3. The maximum absolute atomic E-state index is 12.9. The molecule has 2 aromatic rings. The molecule has 0 bridgehead atoms. The van der Waals surface area contributed by atoms with E-state index >= 15 is 0 Å². The van der Waals surface area contributed by atoms with Crippen LogP contribution in [0.15, 0.2) is 18.2 Å². The number of aromatic hydroxyl groups is 2. The van der Waals surface area contributed by atoms with Crippen molar-refractivity contribution >= 4 is 29.0 Å². The van der Waals surface area contributed by atoms with E-state index in [0.717, 1.165) is 0 Å². The summed E-state index contributed by atoms with van der Waals surface area (Å²) in [5, 5.41) is 31.0. The topological polar surface area (TPSA) is 112 Å². The van der Waals surface area contributed by atoms with Gasteiger partial charge in [0.05, 0.1) is 27.8 Å². The number of carbonyl (C=O) groups excluding carboxylic acids is 3. The molecule has 4 rings (SSSR count). The number of benzene rings is 2. The summed E-state index contributed by atoms with van der Waals surface area (Å²) in [6.07, 6.45) is -1.04. The summed E-state index contributed by atoms with van der Waals surface area (Å²) in [6, 6.07) is 3.82. The lowest BCUT2D eigenvalue weighted by Crippen LogP contribution is -2.28. The van der Waals surface area contributed by atoms with Gasteiger partial charge in [-0.25, -0.2) is 0 Å². The molecule has 26 heavy (non-hydrogen) atoms. The second-order valence-corrected chi connectivity index (χ2v) is 7.05. The molecular formula is C19H13ClO6. The average Bonchev–Trinajstić information content (AvgIpc) is 2.59. The molecule has 0 radical (unpaired) electrons. The molecular weight excluding hydrogens is 360 g/mol. The van der Waals surface area contributed by atoms with Crippen LogP contribution in [0, 0.1) is 5.92 Å². The van der Waals surface area contributed by atoms with Gasteiger partial charge in [0, 0.05) is 17.5 Å². The van der Waals surface area contributed by atoms with E-state index < -0.39 is 40.9 Å². The Balaban J connectivity index is 2.06. The molecule has 2 unspecified atom stereocenters. The highest BCUT2D eigenvalue weighted by molar-refractivity contribution is 6.36. The van der Waals surface area contributed by atoms with E-state index in [1.54, 1.807) is 6.92 Å². The average molecular weight is 373 g/mol. The second kappa shape index (κ2) is 5.40. The third-order valence-corrected chi connectivity index (χ3v) is 5.35. The summed E-state index contributed by atoms with van der Waals surface area (Å²) in [6.45, 7) is 1.68. The molecule has 0 fully saturated rings. The van der Waals surface area contributed by atoms with Crippen molar-refractivity contribution in [2.45, 2.75) is 19.4 Å². The van der Waals surface area contributed by atoms with Crippen LogP contribution in [0.1, 0.15) is 67.2 Å². The minimum atomic E-state index is -1.06. The van der Waals surface area contributed by atoms with Gasteiger partial charge >= 0.3 is 0 Å². The fraction of sp³-hybridized carbons (Fsp3) is 0.211. The minimum Gasteiger partial charge on any atom is -0.506 e. The second-order valence-electron chi connectivity index (χ2n) is 6.64. The highest BCUT2D eigenvalue weighted by Crippen LogP contribution is 2.45. The first kappa shape index (κ1) is 16.8. The fourth-order valence-electron chi connectivity index (χ4n) is 3.69. The first-order valence-electron chi connectivity index (χ1n) is 7.96. The first-order valence-corrected chi connectivity index (χ1v) is 8.33. The number of rotatable bonds is 0. The molecule has 0 saturated carbocycles. The van der Waals surface area contributed by atoms with Crippen LogP contribution in [0.3, 0.4) is 0 Å². The van der Waals surface area contributed by atoms with Gasteiger partial charge in [0.15, 0.2) is 17.3 Å². The molecule has 2 aliphatic rings. The third-order valence-electron chi connectivity index (χ3n) is 5.05. The Hall–Kier alpha value is -2.70. The zero-order valence-corrected chi connectivity index (χ0v) is 14.3. The molecule has 6 nitrogen and oxygen atoms in total. The van der Waals surface area contributed by atoms with E-state index in [1.807, 2.05) is 0 Å². The maximum Gasteiger partial charge on any atom is 0.198 e. The van der Waals surface area contributed by atoms with Crippen molar-refractivity contribution in [1.29, 1.82) is 0 Å². The molecule has 7 heteroatoms. The molecule has 0 aromatic heterocycles. The van der Waals surface area contributed by atoms with Crippen LogP contribution in [-0.2, 0) is 0 Å². The molecule has 0 amide bonds. The number of Topliss-reactive ketones (excluding diaryl/α,β-unsaturated/α-hetero) is 1. The van der Waals surface area contributed by atoms with Crippen LogP contribution in [0.2, 0.25) is 5.02 Å². The van der Waals surface area contributed by atoms with Crippen LogP contribution >= 0.6 is 11.6 Å². The van der Waals surface area contributed by atoms with Crippen LogP contribution in [-0.4, -0.2) is 32.7 Å². The van der Waals surface area contributed by atoms with E-state index in [2.05, 4.69) is 0 Å². The largest absolute Gasteiger partial charge is 0.506 e. The smallest absolute Gasteiger partial charge is 0.198 e. The zero-order valence-electron chi connectivity index (χ0n) is 13.5. The summed E-state index contributed by atoms with van der Waals surface area (Å²) in [4.78, 5) is 38.1. The fourth-order valence-corrected chi connectivity index (χ4v) is 3.85. The SMILES string of the molecule is CC1CC(=O)c2c(cc3c(c2O)C(=O)c2ccc(Cl)c(O)c2C3=O)C1O. The Morgan fingerprint density at radius 2 is 1.58 bits per heavy atom. The summed E-state index contributed by atoms with van der Waals surface area (Å²) in [5.74, 6) is -3.31. The summed E-state index contributed by atoms with van der Waals surface area (Å²) >= 11 is 5.85. The standard InChI is InChI=1S/C19H13ClO6/c1-6-4-11(21)12-8(15(6)22)5-9-14(19(12)26)16(23)7-2-3-10(20)18(25)13(7)17(9)24/h2-3,5-6,15,22,25-26H,4H2,1H3. The van der Waals surface area contributed by atoms with Crippen molar-refractivity contribution < 1.29 is 29.7 Å². The van der Waals surface area contributed by atoms with Crippen LogP contribution in [0.4, 0.5) is 0 Å². The Bertz CT molecular complexity index is 1040. The Morgan fingerprint density at radius 1 is 0.962 bits per heavy atom. The van der Waals surface area contributed by atoms with E-state index in [0.29, 0.717) is 0 Å². The molecule has 3 N–H and O–H groups in total. The van der Waals surface area contributed by atoms with Gasteiger partial charge in [-0.3, -0.25) is 14.4 Å². The number of phenolic OH excluding ortho intramolecular Hbond substituents is 2. The van der Waals surface area contributed by atoms with Gasteiger partial charge in [-0.05, 0) is 29.7 Å². The van der Waals surface area contributed by atoms with Crippen molar-refractivity contribution in [3.05, 3.63) is 56.6 Å². The van der Waals surface area contributed by atoms with Gasteiger partial charge in [-0.2, -0.15) is 0 Å². The number of halogens is 1. The number of aliphatic hydroxyl groups excluding tert-OH is 1. The Labute approximate surface area is 152 Å². The van der Waals surface area contributed by atoms with E-state index in [-0.39, 0.29) is 44.8 Å². The number of carbonyl (C=O) groups is 3. The van der Waals surface area contributed by atoms with Crippen molar-refractivity contribution in [3.63, 3.8) is 0 Å². The van der Waals surface area contributed by atoms with Gasteiger partial charge in [-0.15, -0.1) is 0 Å². The van der Waals surface area contributed by atoms with Gasteiger partial charge in [0.25, 0.3) is 0 Å². The monoisotopic (exact) mass is 372 g/mol. The molecule has 2 aromatic carbocycles.